The zero-order valence-electron chi connectivity index (χ0n) is 12.1. The van der Waals surface area contributed by atoms with Crippen LogP contribution in [-0.2, 0) is 0 Å². The van der Waals surface area contributed by atoms with E-state index in [-0.39, 0.29) is 18.9 Å². The van der Waals surface area contributed by atoms with Gasteiger partial charge in [0.25, 0.3) is 0 Å². The highest BCUT2D eigenvalue weighted by atomic mass is 19.4. The molecule has 0 fully saturated rings. The summed E-state index contributed by atoms with van der Waals surface area (Å²) in [7, 11) is 1.73. The molecule has 0 radical (unpaired) electrons. The van der Waals surface area contributed by atoms with Crippen molar-refractivity contribution in [1.82, 2.24) is 9.97 Å². The molecule has 20 heavy (non-hydrogen) atoms. The second kappa shape index (κ2) is 6.76. The SMILES string of the molecule is CNc1nc(C(C)C)nc(OCCCC(F)(F)F)c1C. The lowest BCUT2D eigenvalue weighted by Crippen LogP contribution is -2.12. The van der Waals surface area contributed by atoms with Crippen molar-refractivity contribution < 1.29 is 17.9 Å². The summed E-state index contributed by atoms with van der Waals surface area (Å²) in [5, 5.41) is 2.93. The van der Waals surface area contributed by atoms with E-state index in [0.29, 0.717) is 23.1 Å². The Hall–Kier alpha value is -1.53. The predicted octanol–water partition coefficient (Wildman–Crippen LogP) is 3.67. The van der Waals surface area contributed by atoms with Gasteiger partial charge in [-0.3, -0.25) is 0 Å². The van der Waals surface area contributed by atoms with Gasteiger partial charge >= 0.3 is 6.18 Å². The van der Waals surface area contributed by atoms with Crippen LogP contribution in [-0.4, -0.2) is 29.8 Å². The normalized spacial score (nSPS) is 11.8. The van der Waals surface area contributed by atoms with Gasteiger partial charge in [-0.15, -0.1) is 0 Å². The number of hydrogen-bond donors (Lipinski definition) is 1. The number of halogens is 3. The Balaban J connectivity index is 2.75. The van der Waals surface area contributed by atoms with Crippen LogP contribution < -0.4 is 10.1 Å². The van der Waals surface area contributed by atoms with Crippen LogP contribution in [0.25, 0.3) is 0 Å². The maximum absolute atomic E-state index is 12.1. The fraction of sp³-hybridized carbons (Fsp3) is 0.692. The molecule has 0 saturated carbocycles. The summed E-state index contributed by atoms with van der Waals surface area (Å²) in [6.07, 6.45) is -5.09. The Morgan fingerprint density at radius 3 is 2.40 bits per heavy atom. The van der Waals surface area contributed by atoms with Crippen molar-refractivity contribution in [1.29, 1.82) is 0 Å². The van der Waals surface area contributed by atoms with E-state index in [2.05, 4.69) is 15.3 Å². The lowest BCUT2D eigenvalue weighted by Gasteiger charge is -2.14. The van der Waals surface area contributed by atoms with Crippen LogP contribution >= 0.6 is 0 Å². The summed E-state index contributed by atoms with van der Waals surface area (Å²) in [6, 6.07) is 0. The highest BCUT2D eigenvalue weighted by Crippen LogP contribution is 2.25. The second-order valence-electron chi connectivity index (χ2n) is 4.83. The molecule has 0 aromatic carbocycles. The second-order valence-corrected chi connectivity index (χ2v) is 4.83. The summed E-state index contributed by atoms with van der Waals surface area (Å²) in [4.78, 5) is 8.60. The van der Waals surface area contributed by atoms with Crippen LogP contribution in [0.2, 0.25) is 0 Å². The number of nitrogens with zero attached hydrogens (tertiary/aromatic N) is 2. The molecule has 0 bridgehead atoms. The smallest absolute Gasteiger partial charge is 0.389 e. The number of hydrogen-bond acceptors (Lipinski definition) is 4. The average molecular weight is 291 g/mol. The first-order chi connectivity index (χ1) is 9.24. The Morgan fingerprint density at radius 1 is 1.25 bits per heavy atom. The van der Waals surface area contributed by atoms with E-state index in [0.717, 1.165) is 0 Å². The van der Waals surface area contributed by atoms with Crippen LogP contribution in [0, 0.1) is 6.92 Å². The van der Waals surface area contributed by atoms with Crippen LogP contribution in [0.15, 0.2) is 0 Å². The van der Waals surface area contributed by atoms with Crippen molar-refractivity contribution in [3.63, 3.8) is 0 Å². The minimum atomic E-state index is -4.15. The molecule has 0 atom stereocenters. The molecule has 4 nitrogen and oxygen atoms in total. The highest BCUT2D eigenvalue weighted by Gasteiger charge is 2.26. The largest absolute Gasteiger partial charge is 0.477 e. The van der Waals surface area contributed by atoms with E-state index in [1.807, 2.05) is 13.8 Å². The van der Waals surface area contributed by atoms with E-state index < -0.39 is 12.6 Å². The van der Waals surface area contributed by atoms with Gasteiger partial charge in [0.05, 0.1) is 12.2 Å². The monoisotopic (exact) mass is 291 g/mol. The molecule has 0 spiro atoms. The standard InChI is InChI=1S/C13H20F3N3O/c1-8(2)10-18-11(17-4)9(3)12(19-10)20-7-5-6-13(14,15)16/h8H,5-7H2,1-4H3,(H,17,18,19). The maximum Gasteiger partial charge on any atom is 0.389 e. The number of ether oxygens (including phenoxy) is 1. The summed E-state index contributed by atoms with van der Waals surface area (Å²) < 4.78 is 41.5. The predicted molar refractivity (Wildman–Crippen MR) is 71.2 cm³/mol. The van der Waals surface area contributed by atoms with Gasteiger partial charge in [0.15, 0.2) is 0 Å². The van der Waals surface area contributed by atoms with Gasteiger partial charge in [0.2, 0.25) is 5.88 Å². The van der Waals surface area contributed by atoms with Gasteiger partial charge in [-0.1, -0.05) is 13.8 Å². The zero-order chi connectivity index (χ0) is 15.3. The average Bonchev–Trinajstić information content (AvgIpc) is 2.34. The number of rotatable bonds is 6. The third kappa shape index (κ3) is 4.86. The lowest BCUT2D eigenvalue weighted by atomic mass is 10.2. The highest BCUT2D eigenvalue weighted by molar-refractivity contribution is 5.48. The van der Waals surface area contributed by atoms with Gasteiger partial charge in [0, 0.05) is 19.4 Å². The third-order valence-electron chi connectivity index (χ3n) is 2.72. The summed E-state index contributed by atoms with van der Waals surface area (Å²) in [5.41, 5.74) is 0.698. The van der Waals surface area contributed by atoms with E-state index in [1.54, 1.807) is 14.0 Å². The van der Waals surface area contributed by atoms with Gasteiger partial charge in [0.1, 0.15) is 11.6 Å². The molecular formula is C13H20F3N3O. The minimum absolute atomic E-state index is 0.0158. The van der Waals surface area contributed by atoms with Crippen molar-refractivity contribution in [2.75, 3.05) is 19.0 Å². The van der Waals surface area contributed by atoms with E-state index in [4.69, 9.17) is 4.74 Å². The number of anilines is 1. The van der Waals surface area contributed by atoms with Gasteiger partial charge in [-0.05, 0) is 13.3 Å². The molecule has 0 unspecified atom stereocenters. The van der Waals surface area contributed by atoms with Crippen molar-refractivity contribution >= 4 is 5.82 Å². The van der Waals surface area contributed by atoms with Gasteiger partial charge in [-0.25, -0.2) is 4.98 Å². The first-order valence-corrected chi connectivity index (χ1v) is 6.50. The molecular weight excluding hydrogens is 271 g/mol. The Morgan fingerprint density at radius 2 is 1.90 bits per heavy atom. The van der Waals surface area contributed by atoms with Gasteiger partial charge in [-0.2, -0.15) is 18.2 Å². The molecule has 0 saturated heterocycles. The fourth-order valence-electron chi connectivity index (χ4n) is 1.60. The molecule has 1 N–H and O–H groups in total. The molecule has 0 aliphatic carbocycles. The van der Waals surface area contributed by atoms with Gasteiger partial charge < -0.3 is 10.1 Å². The molecule has 1 aromatic rings. The van der Waals surface area contributed by atoms with Crippen molar-refractivity contribution in [3.8, 4) is 5.88 Å². The Kier molecular flexibility index (Phi) is 5.59. The molecule has 114 valence electrons. The van der Waals surface area contributed by atoms with Crippen LogP contribution in [0.4, 0.5) is 19.0 Å². The van der Waals surface area contributed by atoms with E-state index >= 15 is 0 Å². The molecule has 1 rings (SSSR count). The summed E-state index contributed by atoms with van der Waals surface area (Å²) >= 11 is 0. The fourth-order valence-corrected chi connectivity index (χ4v) is 1.60. The molecule has 0 amide bonds. The maximum atomic E-state index is 12.1. The Bertz CT molecular complexity index is 447. The van der Waals surface area contributed by atoms with Crippen LogP contribution in [0.1, 0.15) is 44.0 Å². The summed E-state index contributed by atoms with van der Waals surface area (Å²) in [5.74, 6) is 1.69. The number of aromatic nitrogens is 2. The number of alkyl halides is 3. The zero-order valence-corrected chi connectivity index (χ0v) is 12.1. The first-order valence-electron chi connectivity index (χ1n) is 6.50. The first kappa shape index (κ1) is 16.5. The molecule has 0 aliphatic rings. The van der Waals surface area contributed by atoms with E-state index in [1.165, 1.54) is 0 Å². The van der Waals surface area contributed by atoms with Crippen LogP contribution in [0.5, 0.6) is 5.88 Å². The molecule has 1 heterocycles. The minimum Gasteiger partial charge on any atom is -0.477 e. The molecule has 0 aliphatic heterocycles. The van der Waals surface area contributed by atoms with Crippen molar-refractivity contribution in [3.05, 3.63) is 11.4 Å². The van der Waals surface area contributed by atoms with Crippen molar-refractivity contribution in [2.45, 2.75) is 45.7 Å². The summed E-state index contributed by atoms with van der Waals surface area (Å²) in [6.45, 7) is 5.64. The topological polar surface area (TPSA) is 47.0 Å². The lowest BCUT2D eigenvalue weighted by molar-refractivity contribution is -0.136. The number of nitrogens with one attached hydrogen (secondary N) is 1. The third-order valence-corrected chi connectivity index (χ3v) is 2.72. The molecule has 7 heteroatoms. The Labute approximate surface area is 116 Å². The van der Waals surface area contributed by atoms with E-state index in [9.17, 15) is 13.2 Å². The van der Waals surface area contributed by atoms with Crippen LogP contribution in [0.3, 0.4) is 0 Å². The van der Waals surface area contributed by atoms with Crippen molar-refractivity contribution in [2.24, 2.45) is 0 Å². The quantitative estimate of drug-likeness (QED) is 0.812. The molecule has 1 aromatic heterocycles.